The van der Waals surface area contributed by atoms with E-state index in [2.05, 4.69) is 24.4 Å². The Hall–Kier alpha value is -2.24. The first kappa shape index (κ1) is 17.1. The zero-order valence-corrected chi connectivity index (χ0v) is 13.9. The molecule has 0 radical (unpaired) electrons. The predicted octanol–water partition coefficient (Wildman–Crippen LogP) is 2.02. The number of piperazine rings is 1. The minimum absolute atomic E-state index is 0.0675. The fourth-order valence-electron chi connectivity index (χ4n) is 2.61. The molecular weight excluding hydrogens is 294 g/mol. The van der Waals surface area contributed by atoms with Crippen molar-refractivity contribution in [1.29, 1.82) is 0 Å². The molecule has 23 heavy (non-hydrogen) atoms. The van der Waals surface area contributed by atoms with Crippen LogP contribution < -0.4 is 5.32 Å². The maximum atomic E-state index is 12.2. The molecular formula is C17H25N3O3. The van der Waals surface area contributed by atoms with E-state index in [4.69, 9.17) is 4.74 Å². The van der Waals surface area contributed by atoms with Crippen molar-refractivity contribution < 1.29 is 14.3 Å². The third-order valence-corrected chi connectivity index (χ3v) is 4.02. The van der Waals surface area contributed by atoms with E-state index in [1.807, 2.05) is 12.1 Å². The highest BCUT2D eigenvalue weighted by molar-refractivity contribution is 5.75. The number of hydrogen-bond acceptors (Lipinski definition) is 3. The molecule has 1 aromatic carbocycles. The van der Waals surface area contributed by atoms with Gasteiger partial charge < -0.3 is 19.9 Å². The lowest BCUT2D eigenvalue weighted by Crippen LogP contribution is -2.53. The summed E-state index contributed by atoms with van der Waals surface area (Å²) < 4.78 is 4.97. The summed E-state index contributed by atoms with van der Waals surface area (Å²) >= 11 is 0. The second-order valence-electron chi connectivity index (χ2n) is 5.58. The largest absolute Gasteiger partial charge is 0.450 e. The van der Waals surface area contributed by atoms with Crippen molar-refractivity contribution in [3.8, 4) is 0 Å². The van der Waals surface area contributed by atoms with E-state index < -0.39 is 0 Å². The Morgan fingerprint density at radius 1 is 1.13 bits per heavy atom. The van der Waals surface area contributed by atoms with Crippen LogP contribution in [0.1, 0.15) is 18.1 Å². The van der Waals surface area contributed by atoms with Crippen LogP contribution in [0.4, 0.5) is 9.59 Å². The van der Waals surface area contributed by atoms with Crippen molar-refractivity contribution in [3.63, 3.8) is 0 Å². The minimum atomic E-state index is -0.299. The zero-order chi connectivity index (χ0) is 16.7. The average molecular weight is 319 g/mol. The molecule has 6 nitrogen and oxygen atoms in total. The molecule has 0 saturated carbocycles. The number of amides is 3. The van der Waals surface area contributed by atoms with Crippen LogP contribution in [-0.2, 0) is 11.2 Å². The van der Waals surface area contributed by atoms with Crippen LogP contribution in [0.3, 0.4) is 0 Å². The lowest BCUT2D eigenvalue weighted by molar-refractivity contribution is 0.0852. The summed E-state index contributed by atoms with van der Waals surface area (Å²) in [4.78, 5) is 27.2. The second-order valence-corrected chi connectivity index (χ2v) is 5.58. The number of benzene rings is 1. The van der Waals surface area contributed by atoms with Crippen LogP contribution in [0.15, 0.2) is 24.3 Å². The van der Waals surface area contributed by atoms with Gasteiger partial charge in [-0.2, -0.15) is 0 Å². The van der Waals surface area contributed by atoms with Crippen molar-refractivity contribution in [3.05, 3.63) is 35.4 Å². The van der Waals surface area contributed by atoms with Gasteiger partial charge in [-0.25, -0.2) is 9.59 Å². The van der Waals surface area contributed by atoms with E-state index in [0.717, 1.165) is 6.42 Å². The standard InChI is InChI=1S/C17H25N3O3/c1-3-23-17(22)20-12-10-19(11-13-20)16(21)18-9-8-15-7-5-4-6-14(15)2/h4-7H,3,8-13H2,1-2H3,(H,18,21). The first-order valence-electron chi connectivity index (χ1n) is 8.10. The van der Waals surface area contributed by atoms with E-state index in [1.165, 1.54) is 11.1 Å². The number of carbonyl (C=O) groups excluding carboxylic acids is 2. The first-order valence-corrected chi connectivity index (χ1v) is 8.10. The van der Waals surface area contributed by atoms with E-state index in [0.29, 0.717) is 39.3 Å². The SMILES string of the molecule is CCOC(=O)N1CCN(C(=O)NCCc2ccccc2C)CC1. The molecule has 1 aromatic rings. The van der Waals surface area contributed by atoms with Crippen molar-refractivity contribution >= 4 is 12.1 Å². The molecule has 0 bridgehead atoms. The Morgan fingerprint density at radius 2 is 1.78 bits per heavy atom. The van der Waals surface area contributed by atoms with E-state index in [1.54, 1.807) is 16.7 Å². The summed E-state index contributed by atoms with van der Waals surface area (Å²) in [6.07, 6.45) is 0.522. The van der Waals surface area contributed by atoms with Crippen molar-refractivity contribution in [2.75, 3.05) is 39.3 Å². The number of rotatable bonds is 4. The van der Waals surface area contributed by atoms with Gasteiger partial charge in [0.25, 0.3) is 0 Å². The van der Waals surface area contributed by atoms with Gasteiger partial charge in [-0.05, 0) is 31.4 Å². The number of ether oxygens (including phenoxy) is 1. The molecule has 1 fully saturated rings. The van der Waals surface area contributed by atoms with Crippen LogP contribution in [0.5, 0.6) is 0 Å². The van der Waals surface area contributed by atoms with Gasteiger partial charge in [0.05, 0.1) is 6.61 Å². The molecule has 6 heteroatoms. The number of hydrogen-bond donors (Lipinski definition) is 1. The van der Waals surface area contributed by atoms with Gasteiger partial charge in [-0.1, -0.05) is 24.3 Å². The summed E-state index contributed by atoms with van der Waals surface area (Å²) in [5.74, 6) is 0. The molecule has 3 amide bonds. The van der Waals surface area contributed by atoms with Gasteiger partial charge >= 0.3 is 12.1 Å². The maximum absolute atomic E-state index is 12.2. The third kappa shape index (κ3) is 4.87. The Kier molecular flexibility index (Phi) is 6.26. The van der Waals surface area contributed by atoms with E-state index in [9.17, 15) is 9.59 Å². The fourth-order valence-corrected chi connectivity index (χ4v) is 2.61. The minimum Gasteiger partial charge on any atom is -0.450 e. The van der Waals surface area contributed by atoms with E-state index in [-0.39, 0.29) is 12.1 Å². The molecule has 1 heterocycles. The van der Waals surface area contributed by atoms with Crippen LogP contribution in [0, 0.1) is 6.92 Å². The second kappa shape index (κ2) is 8.41. The van der Waals surface area contributed by atoms with Gasteiger partial charge in [0.1, 0.15) is 0 Å². The van der Waals surface area contributed by atoms with Gasteiger partial charge in [-0.15, -0.1) is 0 Å². The average Bonchev–Trinajstić information content (AvgIpc) is 2.57. The molecule has 1 aliphatic heterocycles. The van der Waals surface area contributed by atoms with Gasteiger partial charge in [0.15, 0.2) is 0 Å². The molecule has 0 atom stereocenters. The zero-order valence-electron chi connectivity index (χ0n) is 13.9. The summed E-state index contributed by atoms with van der Waals surface area (Å²) in [5.41, 5.74) is 2.49. The summed E-state index contributed by atoms with van der Waals surface area (Å²) in [6.45, 7) is 6.96. The number of nitrogens with one attached hydrogen (secondary N) is 1. The van der Waals surface area contributed by atoms with Crippen LogP contribution in [0.2, 0.25) is 0 Å². The quantitative estimate of drug-likeness (QED) is 0.923. The number of carbonyl (C=O) groups is 2. The van der Waals surface area contributed by atoms with Crippen molar-refractivity contribution in [2.45, 2.75) is 20.3 Å². The van der Waals surface area contributed by atoms with Crippen LogP contribution in [-0.4, -0.2) is 61.3 Å². The number of aryl methyl sites for hydroxylation is 1. The molecule has 0 spiro atoms. The number of nitrogens with zero attached hydrogens (tertiary/aromatic N) is 2. The lowest BCUT2D eigenvalue weighted by Gasteiger charge is -2.34. The topological polar surface area (TPSA) is 61.9 Å². The van der Waals surface area contributed by atoms with E-state index >= 15 is 0 Å². The number of urea groups is 1. The normalized spacial score (nSPS) is 14.5. The van der Waals surface area contributed by atoms with Crippen molar-refractivity contribution in [2.24, 2.45) is 0 Å². The molecule has 1 saturated heterocycles. The molecule has 1 aliphatic rings. The Bertz CT molecular complexity index is 540. The van der Waals surface area contributed by atoms with Gasteiger partial charge in [-0.3, -0.25) is 0 Å². The molecule has 0 aliphatic carbocycles. The molecule has 0 aromatic heterocycles. The molecule has 0 unspecified atom stereocenters. The Balaban J connectivity index is 1.71. The third-order valence-electron chi connectivity index (χ3n) is 4.02. The predicted molar refractivity (Wildman–Crippen MR) is 88.4 cm³/mol. The van der Waals surface area contributed by atoms with Gasteiger partial charge in [0.2, 0.25) is 0 Å². The van der Waals surface area contributed by atoms with Crippen LogP contribution in [0.25, 0.3) is 0 Å². The Labute approximate surface area is 137 Å². The first-order chi connectivity index (χ1) is 11.1. The summed E-state index contributed by atoms with van der Waals surface area (Å²) in [7, 11) is 0. The summed E-state index contributed by atoms with van der Waals surface area (Å²) in [6, 6.07) is 8.12. The molecule has 2 rings (SSSR count). The van der Waals surface area contributed by atoms with Gasteiger partial charge in [0, 0.05) is 32.7 Å². The monoisotopic (exact) mass is 319 g/mol. The lowest BCUT2D eigenvalue weighted by atomic mass is 10.1. The highest BCUT2D eigenvalue weighted by Crippen LogP contribution is 2.07. The maximum Gasteiger partial charge on any atom is 0.409 e. The highest BCUT2D eigenvalue weighted by atomic mass is 16.6. The molecule has 1 N–H and O–H groups in total. The summed E-state index contributed by atoms with van der Waals surface area (Å²) in [5, 5.41) is 2.95. The van der Waals surface area contributed by atoms with Crippen molar-refractivity contribution in [1.82, 2.24) is 15.1 Å². The smallest absolute Gasteiger partial charge is 0.409 e. The Morgan fingerprint density at radius 3 is 2.43 bits per heavy atom. The highest BCUT2D eigenvalue weighted by Gasteiger charge is 2.24. The fraction of sp³-hybridized carbons (Fsp3) is 0.529. The van der Waals surface area contributed by atoms with Crippen LogP contribution >= 0.6 is 0 Å². The molecule has 126 valence electrons.